The molecule has 0 aromatic carbocycles. The molecule has 0 amide bonds. The van der Waals surface area contributed by atoms with Gasteiger partial charge in [-0.15, -0.1) is 0 Å². The number of carbonyl (C=O) groups excluding carboxylic acids is 1. The van der Waals surface area contributed by atoms with E-state index in [0.29, 0.717) is 30.3 Å². The van der Waals surface area contributed by atoms with E-state index in [2.05, 4.69) is 10.1 Å². The summed E-state index contributed by atoms with van der Waals surface area (Å²) in [6.45, 7) is 2.77. The fraction of sp³-hybridized carbons (Fsp3) is 0.786. The molecular formula is C14H20N2O3. The Morgan fingerprint density at radius 3 is 2.95 bits per heavy atom. The maximum absolute atomic E-state index is 11.5. The van der Waals surface area contributed by atoms with Gasteiger partial charge in [0.25, 0.3) is 0 Å². The van der Waals surface area contributed by atoms with Crippen LogP contribution in [0.1, 0.15) is 69.5 Å². The number of hydrogen-bond donors (Lipinski definition) is 0. The maximum Gasteiger partial charge on any atom is 0.230 e. The molecule has 2 unspecified atom stereocenters. The molecule has 0 spiro atoms. The van der Waals surface area contributed by atoms with Crippen LogP contribution >= 0.6 is 0 Å². The lowest BCUT2D eigenvalue weighted by molar-refractivity contribution is -0.120. The van der Waals surface area contributed by atoms with E-state index in [-0.39, 0.29) is 5.92 Å². The summed E-state index contributed by atoms with van der Waals surface area (Å²) in [4.78, 5) is 16.0. The van der Waals surface area contributed by atoms with Crippen molar-refractivity contribution in [2.75, 3.05) is 6.61 Å². The predicted octanol–water partition coefficient (Wildman–Crippen LogP) is 2.71. The van der Waals surface area contributed by atoms with Gasteiger partial charge in [-0.3, -0.25) is 4.79 Å². The number of nitrogens with zero attached hydrogens (tertiary/aromatic N) is 2. The molecule has 1 saturated carbocycles. The molecular weight excluding hydrogens is 244 g/mol. The summed E-state index contributed by atoms with van der Waals surface area (Å²) >= 11 is 0. The van der Waals surface area contributed by atoms with Gasteiger partial charge in [0, 0.05) is 25.4 Å². The zero-order valence-electron chi connectivity index (χ0n) is 11.4. The van der Waals surface area contributed by atoms with Crippen molar-refractivity contribution >= 4 is 5.78 Å². The molecule has 1 aromatic heterocycles. The highest BCUT2D eigenvalue weighted by atomic mass is 16.5. The van der Waals surface area contributed by atoms with E-state index in [9.17, 15) is 4.79 Å². The Bertz CT molecular complexity index is 463. The van der Waals surface area contributed by atoms with Crippen molar-refractivity contribution in [2.45, 2.75) is 63.4 Å². The van der Waals surface area contributed by atoms with Gasteiger partial charge in [-0.25, -0.2) is 0 Å². The minimum atomic E-state index is -0.418. The molecule has 0 radical (unpaired) electrons. The predicted molar refractivity (Wildman–Crippen MR) is 67.7 cm³/mol. The van der Waals surface area contributed by atoms with E-state index < -0.39 is 5.60 Å². The second kappa shape index (κ2) is 5.04. The second-order valence-corrected chi connectivity index (χ2v) is 5.82. The van der Waals surface area contributed by atoms with Gasteiger partial charge in [-0.05, 0) is 39.0 Å². The number of carbonyl (C=O) groups is 1. The lowest BCUT2D eigenvalue weighted by atomic mass is 9.88. The first-order valence-corrected chi connectivity index (χ1v) is 7.17. The molecule has 5 heteroatoms. The number of hydrogen-bond acceptors (Lipinski definition) is 5. The van der Waals surface area contributed by atoms with E-state index >= 15 is 0 Å². The smallest absolute Gasteiger partial charge is 0.230 e. The zero-order valence-corrected chi connectivity index (χ0v) is 11.4. The quantitative estimate of drug-likeness (QED) is 0.821. The van der Waals surface area contributed by atoms with Crippen molar-refractivity contribution in [2.24, 2.45) is 0 Å². The summed E-state index contributed by atoms with van der Waals surface area (Å²) in [5, 5.41) is 4.09. The van der Waals surface area contributed by atoms with Gasteiger partial charge in [-0.1, -0.05) is 5.16 Å². The van der Waals surface area contributed by atoms with Crippen LogP contribution in [-0.2, 0) is 15.1 Å². The third-order valence-corrected chi connectivity index (χ3v) is 4.22. The van der Waals surface area contributed by atoms with Gasteiger partial charge in [0.1, 0.15) is 11.4 Å². The Morgan fingerprint density at radius 1 is 1.32 bits per heavy atom. The summed E-state index contributed by atoms with van der Waals surface area (Å²) in [6.07, 6.45) is 6.27. The maximum atomic E-state index is 11.5. The molecule has 2 atom stereocenters. The number of aromatic nitrogens is 2. The first-order chi connectivity index (χ1) is 9.17. The summed E-state index contributed by atoms with van der Waals surface area (Å²) in [5.41, 5.74) is -0.418. The molecule has 19 heavy (non-hydrogen) atoms. The van der Waals surface area contributed by atoms with E-state index in [4.69, 9.17) is 9.26 Å². The molecule has 5 nitrogen and oxygen atoms in total. The molecule has 2 heterocycles. The van der Waals surface area contributed by atoms with E-state index in [1.165, 1.54) is 0 Å². The fourth-order valence-corrected chi connectivity index (χ4v) is 2.96. The van der Waals surface area contributed by atoms with Gasteiger partial charge in [0.05, 0.1) is 0 Å². The first kappa shape index (κ1) is 12.8. The van der Waals surface area contributed by atoms with Crippen LogP contribution in [0.25, 0.3) is 0 Å². The highest BCUT2D eigenvalue weighted by Crippen LogP contribution is 2.35. The summed E-state index contributed by atoms with van der Waals surface area (Å²) < 4.78 is 11.2. The van der Waals surface area contributed by atoms with Crippen molar-refractivity contribution in [3.8, 4) is 0 Å². The van der Waals surface area contributed by atoms with Crippen molar-refractivity contribution in [3.63, 3.8) is 0 Å². The monoisotopic (exact) mass is 264 g/mol. The lowest BCUT2D eigenvalue weighted by Crippen LogP contribution is -2.31. The van der Waals surface area contributed by atoms with Crippen molar-refractivity contribution in [1.82, 2.24) is 10.1 Å². The number of ether oxygens (including phenoxy) is 1. The Labute approximate surface area is 112 Å². The Morgan fingerprint density at radius 2 is 2.21 bits per heavy atom. The van der Waals surface area contributed by atoms with Crippen LogP contribution in [-0.4, -0.2) is 22.5 Å². The summed E-state index contributed by atoms with van der Waals surface area (Å²) in [7, 11) is 0. The topological polar surface area (TPSA) is 65.2 Å². The molecule has 1 aliphatic carbocycles. The molecule has 2 fully saturated rings. The molecule has 3 rings (SSSR count). The largest absolute Gasteiger partial charge is 0.367 e. The lowest BCUT2D eigenvalue weighted by Gasteiger charge is -2.30. The van der Waals surface area contributed by atoms with Crippen molar-refractivity contribution in [1.29, 1.82) is 0 Å². The van der Waals surface area contributed by atoms with Crippen LogP contribution in [0.5, 0.6) is 0 Å². The van der Waals surface area contributed by atoms with Crippen LogP contribution in [0.4, 0.5) is 0 Å². The molecule has 0 N–H and O–H groups in total. The first-order valence-electron chi connectivity index (χ1n) is 7.17. The molecule has 1 aromatic rings. The molecule has 104 valence electrons. The second-order valence-electron chi connectivity index (χ2n) is 5.82. The van der Waals surface area contributed by atoms with Crippen LogP contribution in [0, 0.1) is 0 Å². The fourth-order valence-electron chi connectivity index (χ4n) is 2.96. The average Bonchev–Trinajstić information content (AvgIpc) is 2.90. The van der Waals surface area contributed by atoms with Gasteiger partial charge in [0.15, 0.2) is 0 Å². The third kappa shape index (κ3) is 2.56. The van der Waals surface area contributed by atoms with Crippen LogP contribution in [0.3, 0.4) is 0 Å². The molecule has 1 saturated heterocycles. The van der Waals surface area contributed by atoms with Gasteiger partial charge >= 0.3 is 0 Å². The molecule has 1 aliphatic heterocycles. The number of Topliss-reactive ketones (excluding diaryl/α,β-unsaturated/α-hetero) is 1. The van der Waals surface area contributed by atoms with Gasteiger partial charge in [0.2, 0.25) is 11.7 Å². The van der Waals surface area contributed by atoms with Crippen LogP contribution in [0.2, 0.25) is 0 Å². The SMILES string of the molecule is CC1(c2noc(C3CCCC(=O)C3)n2)CCCCO1. The van der Waals surface area contributed by atoms with Gasteiger partial charge < -0.3 is 9.26 Å². The number of rotatable bonds is 2. The Hall–Kier alpha value is -1.23. The standard InChI is InChI=1S/C14H20N2O3/c1-14(7-2-3-8-18-14)13-15-12(19-16-13)10-5-4-6-11(17)9-10/h10H,2-9H2,1H3. The minimum absolute atomic E-state index is 0.106. The highest BCUT2D eigenvalue weighted by molar-refractivity contribution is 5.79. The van der Waals surface area contributed by atoms with Crippen LogP contribution < -0.4 is 0 Å². The van der Waals surface area contributed by atoms with Crippen LogP contribution in [0.15, 0.2) is 4.52 Å². The Kier molecular flexibility index (Phi) is 3.39. The molecule has 2 aliphatic rings. The van der Waals surface area contributed by atoms with Gasteiger partial charge in [-0.2, -0.15) is 4.98 Å². The highest BCUT2D eigenvalue weighted by Gasteiger charge is 2.36. The van der Waals surface area contributed by atoms with Crippen molar-refractivity contribution < 1.29 is 14.1 Å². The third-order valence-electron chi connectivity index (χ3n) is 4.22. The molecule has 0 bridgehead atoms. The Balaban J connectivity index is 1.77. The van der Waals surface area contributed by atoms with E-state index in [0.717, 1.165) is 38.7 Å². The number of ketones is 1. The minimum Gasteiger partial charge on any atom is -0.367 e. The van der Waals surface area contributed by atoms with E-state index in [1.54, 1.807) is 0 Å². The average molecular weight is 264 g/mol. The zero-order chi connectivity index (χ0) is 13.3. The summed E-state index contributed by atoms with van der Waals surface area (Å²) in [6, 6.07) is 0. The van der Waals surface area contributed by atoms with Crippen molar-refractivity contribution in [3.05, 3.63) is 11.7 Å². The normalized spacial score (nSPS) is 32.5. The summed E-state index contributed by atoms with van der Waals surface area (Å²) in [5.74, 6) is 1.66. The van der Waals surface area contributed by atoms with E-state index in [1.807, 2.05) is 6.92 Å².